The van der Waals surface area contributed by atoms with Crippen LogP contribution in [-0.4, -0.2) is 32.9 Å². The SMILES string of the molecule is O=[N+]([O-])c1ccc(N2CCCCC2)nc1/N=c1/ccc(Br)cn1O. The first kappa shape index (κ1) is 16.4. The number of halogens is 1. The van der Waals surface area contributed by atoms with Gasteiger partial charge in [-0.05, 0) is 53.4 Å². The second-order valence-corrected chi connectivity index (χ2v) is 6.39. The predicted molar refractivity (Wildman–Crippen MR) is 91.5 cm³/mol. The second kappa shape index (κ2) is 7.00. The lowest BCUT2D eigenvalue weighted by Crippen LogP contribution is -2.30. The van der Waals surface area contributed by atoms with Gasteiger partial charge in [-0.1, -0.05) is 0 Å². The lowest BCUT2D eigenvalue weighted by atomic mass is 10.1. The number of pyridine rings is 2. The van der Waals surface area contributed by atoms with Gasteiger partial charge in [-0.25, -0.2) is 9.98 Å². The summed E-state index contributed by atoms with van der Waals surface area (Å²) in [7, 11) is 0. The van der Waals surface area contributed by atoms with Gasteiger partial charge in [-0.2, -0.15) is 4.73 Å². The molecule has 0 radical (unpaired) electrons. The quantitative estimate of drug-likeness (QED) is 0.491. The zero-order chi connectivity index (χ0) is 17.1. The fourth-order valence-electron chi connectivity index (χ4n) is 2.61. The predicted octanol–water partition coefficient (Wildman–Crippen LogP) is 3.01. The van der Waals surface area contributed by atoms with Crippen LogP contribution < -0.4 is 10.4 Å². The Balaban J connectivity index is 2.08. The third-order valence-electron chi connectivity index (χ3n) is 3.81. The molecule has 0 saturated carbocycles. The topological polar surface area (TPSA) is 96.8 Å². The van der Waals surface area contributed by atoms with Gasteiger partial charge in [0.25, 0.3) is 0 Å². The minimum atomic E-state index is -0.521. The van der Waals surface area contributed by atoms with E-state index in [2.05, 4.69) is 30.8 Å². The van der Waals surface area contributed by atoms with Gasteiger partial charge in [0, 0.05) is 23.6 Å². The highest BCUT2D eigenvalue weighted by atomic mass is 79.9. The number of anilines is 1. The average molecular weight is 394 g/mol. The molecule has 1 aliphatic heterocycles. The monoisotopic (exact) mass is 393 g/mol. The molecule has 0 amide bonds. The molecule has 0 spiro atoms. The maximum atomic E-state index is 11.3. The number of nitrogens with zero attached hydrogens (tertiary/aromatic N) is 5. The Morgan fingerprint density at radius 1 is 1.21 bits per heavy atom. The van der Waals surface area contributed by atoms with Crippen LogP contribution in [0, 0.1) is 10.1 Å². The van der Waals surface area contributed by atoms with E-state index in [-0.39, 0.29) is 17.0 Å². The van der Waals surface area contributed by atoms with Crippen LogP contribution >= 0.6 is 15.9 Å². The molecule has 1 N–H and O–H groups in total. The third-order valence-corrected chi connectivity index (χ3v) is 4.28. The Labute approximate surface area is 146 Å². The first-order valence-electron chi connectivity index (χ1n) is 7.57. The van der Waals surface area contributed by atoms with Crippen LogP contribution in [0.3, 0.4) is 0 Å². The van der Waals surface area contributed by atoms with Gasteiger partial charge in [0.1, 0.15) is 5.82 Å². The van der Waals surface area contributed by atoms with Gasteiger partial charge < -0.3 is 10.1 Å². The molecule has 1 saturated heterocycles. The van der Waals surface area contributed by atoms with Crippen molar-refractivity contribution in [1.82, 2.24) is 9.71 Å². The van der Waals surface area contributed by atoms with E-state index < -0.39 is 4.92 Å². The van der Waals surface area contributed by atoms with Crippen molar-refractivity contribution in [1.29, 1.82) is 0 Å². The van der Waals surface area contributed by atoms with Gasteiger partial charge in [-0.3, -0.25) is 10.1 Å². The van der Waals surface area contributed by atoms with Gasteiger partial charge in [0.05, 0.1) is 11.1 Å². The van der Waals surface area contributed by atoms with Crippen molar-refractivity contribution in [2.24, 2.45) is 4.99 Å². The molecule has 0 bridgehead atoms. The minimum absolute atomic E-state index is 0.0202. The second-order valence-electron chi connectivity index (χ2n) is 5.48. The molecule has 0 aromatic carbocycles. The Bertz CT molecular complexity index is 830. The van der Waals surface area contributed by atoms with Crippen LogP contribution in [0.4, 0.5) is 17.3 Å². The molecule has 9 heteroatoms. The lowest BCUT2D eigenvalue weighted by molar-refractivity contribution is -0.384. The van der Waals surface area contributed by atoms with E-state index in [9.17, 15) is 15.3 Å². The number of aromatic nitrogens is 2. The highest BCUT2D eigenvalue weighted by Gasteiger charge is 2.19. The van der Waals surface area contributed by atoms with Crippen molar-refractivity contribution in [3.8, 4) is 0 Å². The number of nitro groups is 1. The zero-order valence-corrected chi connectivity index (χ0v) is 14.4. The highest BCUT2D eigenvalue weighted by molar-refractivity contribution is 9.10. The van der Waals surface area contributed by atoms with Gasteiger partial charge in [-0.15, -0.1) is 0 Å². The van der Waals surface area contributed by atoms with Crippen molar-refractivity contribution >= 4 is 33.3 Å². The third kappa shape index (κ3) is 3.56. The van der Waals surface area contributed by atoms with Gasteiger partial charge in [0.2, 0.25) is 5.82 Å². The minimum Gasteiger partial charge on any atom is -0.427 e. The van der Waals surface area contributed by atoms with Crippen LogP contribution in [0.2, 0.25) is 0 Å². The average Bonchev–Trinajstić information content (AvgIpc) is 2.58. The van der Waals surface area contributed by atoms with Crippen LogP contribution in [0.25, 0.3) is 0 Å². The molecule has 1 aliphatic rings. The molecule has 0 unspecified atom stereocenters. The molecule has 24 heavy (non-hydrogen) atoms. The summed E-state index contributed by atoms with van der Waals surface area (Å²) in [6.45, 7) is 1.76. The first-order chi connectivity index (χ1) is 11.5. The summed E-state index contributed by atoms with van der Waals surface area (Å²) in [5.41, 5.74) is -0.0386. The van der Waals surface area contributed by atoms with Gasteiger partial charge in [0.15, 0.2) is 5.49 Å². The van der Waals surface area contributed by atoms with E-state index in [0.717, 1.165) is 30.7 Å². The summed E-state index contributed by atoms with van der Waals surface area (Å²) >= 11 is 3.23. The number of hydrogen-bond donors (Lipinski definition) is 1. The standard InChI is InChI=1S/C15H16BrN5O3/c16-11-4-6-14(20(22)10-11)18-15-12(21(23)24)5-7-13(17-15)19-8-2-1-3-9-19/h4-7,10,22H,1-3,8-9H2/b18-14-. The van der Waals surface area contributed by atoms with Crippen molar-refractivity contribution in [2.45, 2.75) is 19.3 Å². The molecule has 3 rings (SSSR count). The largest absolute Gasteiger partial charge is 0.427 e. The molecule has 8 nitrogen and oxygen atoms in total. The number of piperidine rings is 1. The van der Waals surface area contributed by atoms with Crippen LogP contribution in [0.5, 0.6) is 0 Å². The lowest BCUT2D eigenvalue weighted by Gasteiger charge is -2.27. The van der Waals surface area contributed by atoms with E-state index in [0.29, 0.717) is 10.3 Å². The summed E-state index contributed by atoms with van der Waals surface area (Å²) in [5.74, 6) is 0.647. The van der Waals surface area contributed by atoms with E-state index in [1.165, 1.54) is 18.7 Å². The Morgan fingerprint density at radius 3 is 2.62 bits per heavy atom. The molecular weight excluding hydrogens is 378 g/mol. The van der Waals surface area contributed by atoms with E-state index in [4.69, 9.17) is 0 Å². The first-order valence-corrected chi connectivity index (χ1v) is 8.36. The molecule has 1 fully saturated rings. The summed E-state index contributed by atoms with van der Waals surface area (Å²) < 4.78 is 1.46. The van der Waals surface area contributed by atoms with Crippen LogP contribution in [0.15, 0.2) is 39.9 Å². The van der Waals surface area contributed by atoms with Crippen LogP contribution in [-0.2, 0) is 0 Å². The molecule has 0 aliphatic carbocycles. The highest BCUT2D eigenvalue weighted by Crippen LogP contribution is 2.28. The maximum absolute atomic E-state index is 11.3. The van der Waals surface area contributed by atoms with Gasteiger partial charge >= 0.3 is 5.69 Å². The van der Waals surface area contributed by atoms with Crippen molar-refractivity contribution in [2.75, 3.05) is 18.0 Å². The number of hydrogen-bond acceptors (Lipinski definition) is 6. The molecule has 3 heterocycles. The summed E-state index contributed by atoms with van der Waals surface area (Å²) in [6.07, 6.45) is 4.74. The normalized spacial score (nSPS) is 15.5. The maximum Gasteiger partial charge on any atom is 0.313 e. The molecule has 2 aromatic heterocycles. The molecular formula is C15H16BrN5O3. The Hall–Kier alpha value is -2.42. The molecule has 0 atom stereocenters. The fourth-order valence-corrected chi connectivity index (χ4v) is 2.93. The fraction of sp³-hybridized carbons (Fsp3) is 0.333. The van der Waals surface area contributed by atoms with Crippen molar-refractivity contribution in [3.63, 3.8) is 0 Å². The Kier molecular flexibility index (Phi) is 4.79. The smallest absolute Gasteiger partial charge is 0.313 e. The molecule has 126 valence electrons. The van der Waals surface area contributed by atoms with Crippen LogP contribution in [0.1, 0.15) is 19.3 Å². The summed E-state index contributed by atoms with van der Waals surface area (Å²) in [5, 5.41) is 21.1. The van der Waals surface area contributed by atoms with Crippen molar-refractivity contribution in [3.05, 3.63) is 50.5 Å². The summed E-state index contributed by atoms with van der Waals surface area (Å²) in [6, 6.07) is 6.29. The van der Waals surface area contributed by atoms with E-state index in [1.807, 2.05) is 0 Å². The molecule has 2 aromatic rings. The Morgan fingerprint density at radius 2 is 1.96 bits per heavy atom. The zero-order valence-electron chi connectivity index (χ0n) is 12.8. The van der Waals surface area contributed by atoms with E-state index in [1.54, 1.807) is 18.2 Å². The summed E-state index contributed by atoms with van der Waals surface area (Å²) in [4.78, 5) is 21.4. The van der Waals surface area contributed by atoms with Crippen molar-refractivity contribution < 1.29 is 10.1 Å². The number of rotatable bonds is 3. The van der Waals surface area contributed by atoms with E-state index >= 15 is 0 Å².